The highest BCUT2D eigenvalue weighted by Gasteiger charge is 2.33. The van der Waals surface area contributed by atoms with E-state index < -0.39 is 78.7 Å². The van der Waals surface area contributed by atoms with Crippen molar-refractivity contribution in [1.82, 2.24) is 21.3 Å². The lowest BCUT2D eigenvalue weighted by molar-refractivity contribution is -0.140. The molecule has 0 saturated heterocycles. The molecule has 0 spiro atoms. The Morgan fingerprint density at radius 2 is 1.40 bits per heavy atom. The predicted octanol–water partition coefficient (Wildman–Crippen LogP) is -2.09. The molecule has 0 aliphatic carbocycles. The first kappa shape index (κ1) is 31.4. The van der Waals surface area contributed by atoms with Gasteiger partial charge in [0.2, 0.25) is 23.6 Å². The summed E-state index contributed by atoms with van der Waals surface area (Å²) >= 11 is 0. The molecule has 0 fully saturated rings. The van der Waals surface area contributed by atoms with Crippen LogP contribution in [0, 0.1) is 5.92 Å². The molecular weight excluding hydrogens is 468 g/mol. The Morgan fingerprint density at radius 3 is 1.83 bits per heavy atom. The van der Waals surface area contributed by atoms with E-state index in [1.807, 2.05) is 0 Å². The van der Waals surface area contributed by atoms with Crippen LogP contribution in [0.25, 0.3) is 0 Å². The van der Waals surface area contributed by atoms with Crippen LogP contribution in [0.1, 0.15) is 53.4 Å². The zero-order valence-corrected chi connectivity index (χ0v) is 20.1. The Bertz CT molecular complexity index is 801. The number of aliphatic carboxylic acids is 2. The summed E-state index contributed by atoms with van der Waals surface area (Å²) in [4.78, 5) is 82.5. The molecule has 7 N–H and O–H groups in total. The van der Waals surface area contributed by atoms with Gasteiger partial charge in [0.05, 0.1) is 18.6 Å². The number of carboxylic acid groups (broad SMARTS) is 2. The van der Waals surface area contributed by atoms with Gasteiger partial charge in [-0.1, -0.05) is 20.3 Å². The van der Waals surface area contributed by atoms with Crippen molar-refractivity contribution in [3.05, 3.63) is 0 Å². The molecule has 0 aliphatic rings. The van der Waals surface area contributed by atoms with Gasteiger partial charge < -0.3 is 41.4 Å². The van der Waals surface area contributed by atoms with E-state index >= 15 is 0 Å². The molecule has 14 nitrogen and oxygen atoms in total. The number of carboxylic acids is 2. The molecule has 198 valence electrons. The second kappa shape index (κ2) is 15.4. The van der Waals surface area contributed by atoms with Crippen molar-refractivity contribution in [3.63, 3.8) is 0 Å². The fraction of sp³-hybridized carbons (Fsp3) is 0.667. The molecule has 0 aromatic heterocycles. The van der Waals surface area contributed by atoms with Crippen LogP contribution >= 0.6 is 0 Å². The van der Waals surface area contributed by atoms with Gasteiger partial charge in [0.15, 0.2) is 0 Å². The second-order valence-electron chi connectivity index (χ2n) is 8.13. The van der Waals surface area contributed by atoms with Crippen molar-refractivity contribution in [2.45, 2.75) is 83.6 Å². The molecule has 6 atom stereocenters. The predicted molar refractivity (Wildman–Crippen MR) is 120 cm³/mol. The van der Waals surface area contributed by atoms with E-state index in [4.69, 9.17) is 10.2 Å². The van der Waals surface area contributed by atoms with Gasteiger partial charge in [-0.05, 0) is 19.3 Å². The summed E-state index contributed by atoms with van der Waals surface area (Å²) < 4.78 is 0. The van der Waals surface area contributed by atoms with Gasteiger partial charge in [0.1, 0.15) is 24.4 Å². The first-order chi connectivity index (χ1) is 16.2. The number of carbonyl (C=O) groups excluding carboxylic acids is 5. The Hall–Kier alpha value is -3.55. The molecule has 0 bridgehead atoms. The monoisotopic (exact) mass is 502 g/mol. The fourth-order valence-electron chi connectivity index (χ4n) is 2.97. The number of rotatable bonds is 16. The van der Waals surface area contributed by atoms with Crippen molar-refractivity contribution in [2.24, 2.45) is 5.92 Å². The van der Waals surface area contributed by atoms with Crippen LogP contribution in [0.15, 0.2) is 0 Å². The average Bonchev–Trinajstić information content (AvgIpc) is 2.76. The summed E-state index contributed by atoms with van der Waals surface area (Å²) in [5.41, 5.74) is 0. The number of carbonyl (C=O) groups is 7. The van der Waals surface area contributed by atoms with Gasteiger partial charge >= 0.3 is 11.9 Å². The lowest BCUT2D eigenvalue weighted by atomic mass is 9.97. The minimum Gasteiger partial charge on any atom is -0.481 e. The zero-order valence-electron chi connectivity index (χ0n) is 20.1. The Balaban J connectivity index is 5.69. The van der Waals surface area contributed by atoms with Crippen molar-refractivity contribution in [1.29, 1.82) is 0 Å². The molecule has 0 saturated carbocycles. The molecular formula is C21H34N4O10. The van der Waals surface area contributed by atoms with E-state index in [9.17, 15) is 38.7 Å². The highest BCUT2D eigenvalue weighted by atomic mass is 16.4. The summed E-state index contributed by atoms with van der Waals surface area (Å²) in [6.07, 6.45) is -2.44. The van der Waals surface area contributed by atoms with Crippen molar-refractivity contribution < 1.29 is 48.9 Å². The van der Waals surface area contributed by atoms with Crippen LogP contribution < -0.4 is 21.3 Å². The molecule has 0 heterocycles. The summed E-state index contributed by atoms with van der Waals surface area (Å²) in [6.45, 7) is 5.84. The highest BCUT2D eigenvalue weighted by molar-refractivity contribution is 5.95. The van der Waals surface area contributed by atoms with Gasteiger partial charge in [-0.25, -0.2) is 0 Å². The third-order valence-corrected chi connectivity index (χ3v) is 5.08. The van der Waals surface area contributed by atoms with E-state index in [-0.39, 0.29) is 18.6 Å². The van der Waals surface area contributed by atoms with E-state index in [1.165, 1.54) is 6.92 Å². The van der Waals surface area contributed by atoms with Crippen LogP contribution in [0.3, 0.4) is 0 Å². The van der Waals surface area contributed by atoms with Crippen molar-refractivity contribution >= 4 is 41.9 Å². The fourth-order valence-corrected chi connectivity index (χ4v) is 2.97. The molecule has 0 aromatic rings. The van der Waals surface area contributed by atoms with Gasteiger partial charge in [0, 0.05) is 13.3 Å². The third kappa shape index (κ3) is 11.9. The first-order valence-corrected chi connectivity index (χ1v) is 11.0. The maximum atomic E-state index is 12.9. The summed E-state index contributed by atoms with van der Waals surface area (Å²) in [5.74, 6) is -6.27. The van der Waals surface area contributed by atoms with Crippen molar-refractivity contribution in [3.8, 4) is 0 Å². The van der Waals surface area contributed by atoms with E-state index in [0.717, 1.165) is 6.92 Å². The van der Waals surface area contributed by atoms with E-state index in [2.05, 4.69) is 21.3 Å². The van der Waals surface area contributed by atoms with Crippen LogP contribution in [-0.4, -0.2) is 87.4 Å². The summed E-state index contributed by atoms with van der Waals surface area (Å²) in [5, 5.41) is 36.9. The molecule has 0 unspecified atom stereocenters. The smallest absolute Gasteiger partial charge is 0.305 e. The summed E-state index contributed by atoms with van der Waals surface area (Å²) in [7, 11) is 0. The molecule has 0 aliphatic heterocycles. The number of hydrogen-bond acceptors (Lipinski definition) is 8. The molecule has 14 heteroatoms. The molecule has 35 heavy (non-hydrogen) atoms. The van der Waals surface area contributed by atoms with E-state index in [1.54, 1.807) is 13.8 Å². The normalized spacial score (nSPS) is 15.8. The topological polar surface area (TPSA) is 228 Å². The quantitative estimate of drug-likeness (QED) is 0.114. The number of aliphatic hydroxyl groups is 1. The van der Waals surface area contributed by atoms with Gasteiger partial charge in [-0.3, -0.25) is 28.8 Å². The molecule has 4 amide bonds. The lowest BCUT2D eigenvalue weighted by Crippen LogP contribution is -2.60. The minimum atomic E-state index is -1.65. The second-order valence-corrected chi connectivity index (χ2v) is 8.13. The molecule has 0 rings (SSSR count). The SMILES string of the molecule is CC[C@H](C)[C@H](NC(C)=O)C(=O)N[C@H](CCC(=O)O)C(=O)N[C@H](C(=O)N[C@@H](C=O)CC(=O)O)[C@H](C)O. The number of nitrogens with one attached hydrogen (secondary N) is 4. The van der Waals surface area contributed by atoms with Gasteiger partial charge in [0.25, 0.3) is 0 Å². The molecule has 0 radical (unpaired) electrons. The number of aliphatic hydroxyl groups excluding tert-OH is 1. The van der Waals surface area contributed by atoms with Crippen LogP contribution in [0.2, 0.25) is 0 Å². The Labute approximate surface area is 202 Å². The molecule has 0 aromatic carbocycles. The van der Waals surface area contributed by atoms with Gasteiger partial charge in [-0.15, -0.1) is 0 Å². The number of amides is 4. The lowest BCUT2D eigenvalue weighted by Gasteiger charge is -2.28. The van der Waals surface area contributed by atoms with Crippen LogP contribution in [0.5, 0.6) is 0 Å². The van der Waals surface area contributed by atoms with Crippen LogP contribution in [0.4, 0.5) is 0 Å². The third-order valence-electron chi connectivity index (χ3n) is 5.08. The first-order valence-electron chi connectivity index (χ1n) is 11.0. The maximum absolute atomic E-state index is 12.9. The highest BCUT2D eigenvalue weighted by Crippen LogP contribution is 2.10. The number of hydrogen-bond donors (Lipinski definition) is 7. The largest absolute Gasteiger partial charge is 0.481 e. The Morgan fingerprint density at radius 1 is 0.829 bits per heavy atom. The number of aldehydes is 1. The summed E-state index contributed by atoms with van der Waals surface area (Å²) in [6, 6.07) is -5.54. The van der Waals surface area contributed by atoms with Crippen molar-refractivity contribution in [2.75, 3.05) is 0 Å². The van der Waals surface area contributed by atoms with Gasteiger partial charge in [-0.2, -0.15) is 0 Å². The zero-order chi connectivity index (χ0) is 27.3. The minimum absolute atomic E-state index is 0.180. The Kier molecular flexibility index (Phi) is 13.8. The maximum Gasteiger partial charge on any atom is 0.305 e. The van der Waals surface area contributed by atoms with E-state index in [0.29, 0.717) is 6.42 Å². The average molecular weight is 503 g/mol. The standard InChI is InChI=1S/C21H34N4O10/c1-5-10(2)17(22-12(4)28)20(34)24-14(6-7-15(29)30)19(33)25-18(11(3)27)21(35)23-13(9-26)8-16(31)32/h9-11,13-14,17-18,27H,5-8H2,1-4H3,(H,22,28)(H,23,35)(H,24,34)(H,25,33)(H,29,30)(H,31,32)/t10-,11-,13+,14+,17-,18-/m0/s1. The van der Waals surface area contributed by atoms with Crippen LogP contribution in [-0.2, 0) is 33.6 Å².